The lowest BCUT2D eigenvalue weighted by molar-refractivity contribution is -0.120. The zero-order valence-corrected chi connectivity index (χ0v) is 15.0. The van der Waals surface area contributed by atoms with Crippen LogP contribution in [0.4, 0.5) is 5.69 Å². The number of carbonyl (C=O) groups excluding carboxylic acids is 2. The van der Waals surface area contributed by atoms with Gasteiger partial charge in [-0.1, -0.05) is 35.3 Å². The molecule has 1 aliphatic rings. The van der Waals surface area contributed by atoms with Crippen LogP contribution in [-0.2, 0) is 11.3 Å². The molecule has 24 heavy (non-hydrogen) atoms. The predicted molar refractivity (Wildman–Crippen MR) is 97.2 cm³/mol. The molecule has 2 amide bonds. The van der Waals surface area contributed by atoms with Gasteiger partial charge < -0.3 is 15.5 Å². The fourth-order valence-electron chi connectivity index (χ4n) is 2.46. The number of hydrogen-bond acceptors (Lipinski definition) is 4. The van der Waals surface area contributed by atoms with E-state index in [1.54, 1.807) is 6.07 Å². The average Bonchev–Trinajstić information content (AvgIpc) is 2.91. The third-order valence-electron chi connectivity index (χ3n) is 3.69. The highest BCUT2D eigenvalue weighted by molar-refractivity contribution is 7.20. The predicted octanol–water partition coefficient (Wildman–Crippen LogP) is 2.92. The van der Waals surface area contributed by atoms with E-state index >= 15 is 0 Å². The van der Waals surface area contributed by atoms with E-state index in [1.807, 2.05) is 29.2 Å². The van der Waals surface area contributed by atoms with Crippen LogP contribution in [0.5, 0.6) is 0 Å². The number of nitrogens with zero attached hydrogens (tertiary/aromatic N) is 1. The summed E-state index contributed by atoms with van der Waals surface area (Å²) in [5, 5.41) is 5.62. The molecule has 3 rings (SSSR count). The number of piperazine rings is 1. The third kappa shape index (κ3) is 4.01. The Morgan fingerprint density at radius 3 is 2.67 bits per heavy atom. The first-order chi connectivity index (χ1) is 11.5. The van der Waals surface area contributed by atoms with E-state index in [0.717, 1.165) is 17.8 Å². The number of hydrogen-bond donors (Lipinski definition) is 2. The van der Waals surface area contributed by atoms with Crippen molar-refractivity contribution < 1.29 is 9.59 Å². The molecule has 0 spiro atoms. The highest BCUT2D eigenvalue weighted by Gasteiger charge is 2.16. The van der Waals surface area contributed by atoms with E-state index < -0.39 is 0 Å². The topological polar surface area (TPSA) is 61.4 Å². The van der Waals surface area contributed by atoms with Crippen molar-refractivity contribution in [2.75, 3.05) is 24.5 Å². The van der Waals surface area contributed by atoms with Gasteiger partial charge in [0.05, 0.1) is 16.4 Å². The second-order valence-electron chi connectivity index (χ2n) is 5.36. The summed E-state index contributed by atoms with van der Waals surface area (Å²) < 4.78 is 0.872. The molecule has 1 aromatic carbocycles. The quantitative estimate of drug-likeness (QED) is 0.852. The van der Waals surface area contributed by atoms with E-state index in [2.05, 4.69) is 10.6 Å². The number of thiophene rings is 1. The Kier molecular flexibility index (Phi) is 5.28. The molecular formula is C16H15Cl2N3O2S. The van der Waals surface area contributed by atoms with E-state index in [0.29, 0.717) is 33.9 Å². The molecule has 0 bridgehead atoms. The van der Waals surface area contributed by atoms with E-state index in [4.69, 9.17) is 23.2 Å². The zero-order chi connectivity index (χ0) is 17.1. The Labute approximate surface area is 153 Å². The Morgan fingerprint density at radius 2 is 2.04 bits per heavy atom. The first kappa shape index (κ1) is 17.1. The van der Waals surface area contributed by atoms with Crippen LogP contribution >= 0.6 is 34.5 Å². The maximum atomic E-state index is 12.1. The number of rotatable bonds is 4. The Hall–Kier alpha value is -1.76. The van der Waals surface area contributed by atoms with Crippen molar-refractivity contribution in [2.45, 2.75) is 6.54 Å². The molecule has 0 atom stereocenters. The van der Waals surface area contributed by atoms with Gasteiger partial charge in [-0.3, -0.25) is 9.59 Å². The van der Waals surface area contributed by atoms with Gasteiger partial charge in [0.2, 0.25) is 5.91 Å². The van der Waals surface area contributed by atoms with Gasteiger partial charge in [0, 0.05) is 25.3 Å². The number of benzene rings is 1. The van der Waals surface area contributed by atoms with Crippen LogP contribution in [0, 0.1) is 0 Å². The second-order valence-corrected chi connectivity index (χ2v) is 7.64. The molecule has 2 N–H and O–H groups in total. The summed E-state index contributed by atoms with van der Waals surface area (Å²) in [6, 6.07) is 9.34. The van der Waals surface area contributed by atoms with Crippen molar-refractivity contribution in [2.24, 2.45) is 0 Å². The third-order valence-corrected chi connectivity index (χ3v) is 5.18. The minimum absolute atomic E-state index is 0.0314. The molecule has 0 aliphatic carbocycles. The molecule has 2 aromatic rings. The van der Waals surface area contributed by atoms with Crippen LogP contribution in [0.1, 0.15) is 15.9 Å². The molecule has 126 valence electrons. The number of anilines is 1. The smallest absolute Gasteiger partial charge is 0.253 e. The van der Waals surface area contributed by atoms with Crippen LogP contribution in [0.3, 0.4) is 0 Å². The molecule has 1 aliphatic heterocycles. The van der Waals surface area contributed by atoms with Gasteiger partial charge in [-0.2, -0.15) is 0 Å². The summed E-state index contributed by atoms with van der Waals surface area (Å²) in [5.74, 6) is -0.219. The van der Waals surface area contributed by atoms with Crippen molar-refractivity contribution >= 4 is 52.0 Å². The summed E-state index contributed by atoms with van der Waals surface area (Å²) in [4.78, 5) is 25.6. The Bertz CT molecular complexity index is 761. The van der Waals surface area contributed by atoms with Crippen molar-refractivity contribution in [1.29, 1.82) is 0 Å². The van der Waals surface area contributed by atoms with Gasteiger partial charge in [0.15, 0.2) is 0 Å². The molecule has 0 saturated carbocycles. The van der Waals surface area contributed by atoms with Crippen LogP contribution in [0.15, 0.2) is 30.3 Å². The fraction of sp³-hybridized carbons (Fsp3) is 0.250. The summed E-state index contributed by atoms with van der Waals surface area (Å²) in [5.41, 5.74) is 2.35. The molecule has 1 fully saturated rings. The number of amides is 2. The van der Waals surface area contributed by atoms with Crippen LogP contribution < -0.4 is 15.5 Å². The largest absolute Gasteiger partial charge is 0.360 e. The Morgan fingerprint density at radius 1 is 1.29 bits per heavy atom. The lowest BCUT2D eigenvalue weighted by Gasteiger charge is -2.28. The van der Waals surface area contributed by atoms with Crippen molar-refractivity contribution in [3.05, 3.63) is 50.1 Å². The van der Waals surface area contributed by atoms with Crippen LogP contribution in [0.2, 0.25) is 8.67 Å². The van der Waals surface area contributed by atoms with E-state index in [9.17, 15) is 9.59 Å². The standard InChI is InChI=1S/C16H15Cl2N3O2S/c17-13-7-12(15(18)24-13)16(23)20-8-10-1-3-11(4-2-10)21-6-5-19-14(22)9-21/h1-4,7H,5-6,8-9H2,(H,19,22)(H,20,23). The number of nitrogens with one attached hydrogen (secondary N) is 2. The van der Waals surface area contributed by atoms with Gasteiger partial charge in [-0.25, -0.2) is 0 Å². The minimum atomic E-state index is -0.250. The molecule has 1 aromatic heterocycles. The lowest BCUT2D eigenvalue weighted by atomic mass is 10.1. The van der Waals surface area contributed by atoms with Crippen molar-refractivity contribution in [3.63, 3.8) is 0 Å². The average molecular weight is 384 g/mol. The molecular weight excluding hydrogens is 369 g/mol. The highest BCUT2D eigenvalue weighted by atomic mass is 35.5. The number of carbonyl (C=O) groups is 2. The summed E-state index contributed by atoms with van der Waals surface area (Å²) >= 11 is 13.0. The van der Waals surface area contributed by atoms with Gasteiger partial charge >= 0.3 is 0 Å². The van der Waals surface area contributed by atoms with Gasteiger partial charge in [0.25, 0.3) is 5.91 Å². The molecule has 8 heteroatoms. The molecule has 1 saturated heterocycles. The molecule has 5 nitrogen and oxygen atoms in total. The van der Waals surface area contributed by atoms with Crippen molar-refractivity contribution in [1.82, 2.24) is 10.6 Å². The SMILES string of the molecule is O=C1CN(c2ccc(CNC(=O)c3cc(Cl)sc3Cl)cc2)CCN1. The summed E-state index contributed by atoms with van der Waals surface area (Å²) in [7, 11) is 0. The van der Waals surface area contributed by atoms with Crippen LogP contribution in [0.25, 0.3) is 0 Å². The second kappa shape index (κ2) is 7.42. The van der Waals surface area contributed by atoms with Crippen LogP contribution in [-0.4, -0.2) is 31.4 Å². The lowest BCUT2D eigenvalue weighted by Crippen LogP contribution is -2.47. The Balaban J connectivity index is 1.59. The van der Waals surface area contributed by atoms with Gasteiger partial charge in [-0.05, 0) is 23.8 Å². The first-order valence-corrected chi connectivity index (χ1v) is 8.94. The molecule has 2 heterocycles. The van der Waals surface area contributed by atoms with E-state index in [-0.39, 0.29) is 11.8 Å². The highest BCUT2D eigenvalue weighted by Crippen LogP contribution is 2.31. The maximum Gasteiger partial charge on any atom is 0.253 e. The van der Waals surface area contributed by atoms with Gasteiger partial charge in [-0.15, -0.1) is 11.3 Å². The molecule has 0 radical (unpaired) electrons. The van der Waals surface area contributed by atoms with Gasteiger partial charge in [0.1, 0.15) is 4.34 Å². The zero-order valence-electron chi connectivity index (χ0n) is 12.6. The molecule has 0 unspecified atom stereocenters. The summed E-state index contributed by atoms with van der Waals surface area (Å²) in [6.07, 6.45) is 0. The van der Waals surface area contributed by atoms with E-state index in [1.165, 1.54) is 11.3 Å². The summed E-state index contributed by atoms with van der Waals surface area (Å²) in [6.45, 7) is 2.21. The maximum absolute atomic E-state index is 12.1. The monoisotopic (exact) mass is 383 g/mol. The normalized spacial score (nSPS) is 14.4. The first-order valence-electron chi connectivity index (χ1n) is 7.36. The fourth-order valence-corrected chi connectivity index (χ4v) is 3.91. The van der Waals surface area contributed by atoms with Crippen molar-refractivity contribution in [3.8, 4) is 0 Å². The minimum Gasteiger partial charge on any atom is -0.360 e. The number of halogens is 2.